The van der Waals surface area contributed by atoms with E-state index in [1.807, 2.05) is 0 Å². The smallest absolute Gasteiger partial charge is 0.548 e. The van der Waals surface area contributed by atoms with Gasteiger partial charge in [-0.3, -0.25) is 38.4 Å². The van der Waals surface area contributed by atoms with E-state index < -0.39 is 60.0 Å². The number of aliphatic carboxylic acids is 2. The number of phenolic OH excluding ortho intramolecular Hbond substituents is 2. The first-order valence-electron chi connectivity index (χ1n) is 37.3. The predicted molar refractivity (Wildman–Crippen MR) is 430 cm³/mol. The molecule has 6 atom stereocenters. The number of ketones is 2. The van der Waals surface area contributed by atoms with Crippen LogP contribution in [0.3, 0.4) is 0 Å². The van der Waals surface area contributed by atoms with Crippen molar-refractivity contribution in [2.75, 3.05) is 26.2 Å². The van der Waals surface area contributed by atoms with E-state index >= 15 is 0 Å². The van der Waals surface area contributed by atoms with Crippen LogP contribution in [-0.2, 0) is 60.8 Å². The summed E-state index contributed by atoms with van der Waals surface area (Å²) < 4.78 is 0. The van der Waals surface area contributed by atoms with Crippen LogP contribution in [0.1, 0.15) is 282 Å². The molecule has 0 spiro atoms. The number of Topliss-reactive ketones (excluding diaryl/α,β-unsaturated/α-hetero) is 2. The van der Waals surface area contributed by atoms with Gasteiger partial charge in [0, 0.05) is 71.1 Å². The van der Waals surface area contributed by atoms with Crippen molar-refractivity contribution < 1.29 is 120 Å². The number of aromatic hydroxyl groups is 2. The van der Waals surface area contributed by atoms with Gasteiger partial charge < -0.3 is 55.5 Å². The molecule has 0 unspecified atom stereocenters. The Morgan fingerprint density at radius 1 is 0.388 bits per heavy atom. The standard InChI is InChI=1S/2C38H59N3O7.K.6H2S/c2*1-2-3-4-5-6-7-8-9-10-11-12-13-14-19-36(45)40-26-16-18-33(40)37(46)41-27-15-17-32(41)34(43)24-25-35(44)39-31(38(47)48)28-29-20-22-30(42)23-21-29;;;;;;;/h2*20-23,31-33,42H,2-19,24-28H2,1H3,(H,39,44)(H,47,48);;6*1H2/q;;+1;;;;;;/p-1/t2*31-,32-,33-;;;;;;;/m00......./s1. The van der Waals surface area contributed by atoms with Gasteiger partial charge in [-0.25, -0.2) is 4.79 Å². The molecule has 4 aliphatic rings. The topological polar surface area (TPSA) is 291 Å². The fourth-order valence-electron chi connectivity index (χ4n) is 14.1. The number of nitrogens with one attached hydrogen (secondary N) is 2. The van der Waals surface area contributed by atoms with Gasteiger partial charge in [0.2, 0.25) is 35.4 Å². The Hall–Kier alpha value is -3.12. The van der Waals surface area contributed by atoms with E-state index in [4.69, 9.17) is 0 Å². The maximum atomic E-state index is 13.6. The van der Waals surface area contributed by atoms with E-state index in [-0.39, 0.29) is 218 Å². The zero-order valence-electron chi connectivity index (χ0n) is 62.2. The van der Waals surface area contributed by atoms with Crippen molar-refractivity contribution in [1.29, 1.82) is 0 Å². The summed E-state index contributed by atoms with van der Waals surface area (Å²) in [6.07, 6.45) is 37.7. The van der Waals surface area contributed by atoms with E-state index in [2.05, 4.69) is 24.5 Å². The number of phenols is 2. The third kappa shape index (κ3) is 39.7. The normalized spacial score (nSPS) is 17.0. The summed E-state index contributed by atoms with van der Waals surface area (Å²) in [4.78, 5) is 135. The fraction of sp³-hybridized carbons (Fsp3) is 0.711. The second-order valence-corrected chi connectivity index (χ2v) is 27.4. The second kappa shape index (κ2) is 60.7. The van der Waals surface area contributed by atoms with Crippen molar-refractivity contribution in [2.24, 2.45) is 0 Å². The average molecular weight is 1580 g/mol. The summed E-state index contributed by atoms with van der Waals surface area (Å²) in [5.74, 6) is -4.45. The quantitative estimate of drug-likeness (QED) is 0.0305. The maximum Gasteiger partial charge on any atom is 1.00 e. The van der Waals surface area contributed by atoms with Crippen LogP contribution in [0.15, 0.2) is 48.5 Å². The SMILES string of the molecule is CCCCCCCCCCCCCCCC(=O)N1CCC[C@H]1C(=O)N1CCC[C@H]1C(=O)CCC(=O)N[C@@H](Cc1ccc(O)cc1)C(=O)O.CCCCCCCCCCCCCCCC(=O)N1CCC[C@H]1C(=O)N1CCC[C@H]1C(=O)CCC(=O)N[C@@H](Cc1ccc(O)cc1)C(=O)[O-].S.S.S.S.S.S.[K+]. The molecule has 2 aromatic carbocycles. The fourth-order valence-corrected chi connectivity index (χ4v) is 14.1. The summed E-state index contributed by atoms with van der Waals surface area (Å²) in [7, 11) is 0. The van der Waals surface area contributed by atoms with Crippen molar-refractivity contribution >= 4 is 140 Å². The van der Waals surface area contributed by atoms with Gasteiger partial charge in [-0.1, -0.05) is 192 Å². The number of hydrogen-bond donors (Lipinski definition) is 5. The molecule has 4 saturated heterocycles. The molecule has 0 aliphatic carbocycles. The van der Waals surface area contributed by atoms with E-state index in [0.717, 1.165) is 51.4 Å². The van der Waals surface area contributed by atoms with Crippen molar-refractivity contribution in [2.45, 2.75) is 320 Å². The van der Waals surface area contributed by atoms with Gasteiger partial charge in [-0.2, -0.15) is 81.0 Å². The Labute approximate surface area is 700 Å². The molecule has 103 heavy (non-hydrogen) atoms. The third-order valence-electron chi connectivity index (χ3n) is 19.7. The molecule has 0 bridgehead atoms. The molecule has 584 valence electrons. The van der Waals surface area contributed by atoms with Crippen LogP contribution < -0.4 is 67.1 Å². The molecule has 0 radical (unpaired) electrons. The van der Waals surface area contributed by atoms with Crippen LogP contribution in [0.25, 0.3) is 0 Å². The molecule has 4 fully saturated rings. The molecule has 20 nitrogen and oxygen atoms in total. The zero-order chi connectivity index (χ0) is 69.5. The van der Waals surface area contributed by atoms with Crippen LogP contribution in [0.4, 0.5) is 0 Å². The minimum absolute atomic E-state index is 0. The van der Waals surface area contributed by atoms with Crippen LogP contribution in [0.2, 0.25) is 0 Å². The largest absolute Gasteiger partial charge is 1.00 e. The number of amides is 6. The van der Waals surface area contributed by atoms with Crippen molar-refractivity contribution in [3.63, 3.8) is 0 Å². The van der Waals surface area contributed by atoms with Gasteiger partial charge in [-0.15, -0.1) is 0 Å². The predicted octanol–water partition coefficient (Wildman–Crippen LogP) is 8.98. The van der Waals surface area contributed by atoms with E-state index in [1.54, 1.807) is 43.9 Å². The number of unbranched alkanes of at least 4 members (excludes halogenated alkanes) is 24. The Kier molecular flexibility index (Phi) is 61.4. The van der Waals surface area contributed by atoms with Gasteiger partial charge >= 0.3 is 57.4 Å². The maximum absolute atomic E-state index is 13.6. The second-order valence-electron chi connectivity index (χ2n) is 27.4. The molecule has 0 saturated carbocycles. The van der Waals surface area contributed by atoms with E-state index in [9.17, 15) is 68.4 Å². The summed E-state index contributed by atoms with van der Waals surface area (Å²) in [5.41, 5.74) is 1.24. The van der Waals surface area contributed by atoms with Crippen LogP contribution in [0.5, 0.6) is 11.5 Å². The van der Waals surface area contributed by atoms with Crippen LogP contribution in [-0.4, -0.2) is 156 Å². The zero-order valence-corrected chi connectivity index (χ0v) is 71.4. The first kappa shape index (κ1) is 104. The number of carbonyl (C=O) groups is 10. The summed E-state index contributed by atoms with van der Waals surface area (Å²) in [5, 5.41) is 45.0. The first-order valence-corrected chi connectivity index (χ1v) is 37.3. The number of benzene rings is 2. The summed E-state index contributed by atoms with van der Waals surface area (Å²) in [6.45, 7) is 6.51. The number of carboxylic acid groups (broad SMARTS) is 2. The number of nitrogens with zero attached hydrogens (tertiary/aromatic N) is 4. The van der Waals surface area contributed by atoms with Crippen molar-refractivity contribution in [3.05, 3.63) is 59.7 Å². The molecular weight excluding hydrogens is 1450 g/mol. The molecule has 6 rings (SSSR count). The van der Waals surface area contributed by atoms with Crippen LogP contribution in [0, 0.1) is 0 Å². The number of carboxylic acids is 2. The summed E-state index contributed by atoms with van der Waals surface area (Å²) in [6, 6.07) is 7.25. The number of rotatable bonds is 46. The van der Waals surface area contributed by atoms with Crippen molar-refractivity contribution in [1.82, 2.24) is 30.2 Å². The Balaban J connectivity index is -0.00000182. The molecule has 4 aliphatic heterocycles. The minimum Gasteiger partial charge on any atom is -0.548 e. The Morgan fingerprint density at radius 2 is 0.660 bits per heavy atom. The molecule has 0 aromatic heterocycles. The summed E-state index contributed by atoms with van der Waals surface area (Å²) >= 11 is 0. The molecule has 6 amide bonds. The molecule has 4 heterocycles. The van der Waals surface area contributed by atoms with E-state index in [1.165, 1.54) is 153 Å². The first-order chi connectivity index (χ1) is 46.4. The van der Waals surface area contributed by atoms with Gasteiger partial charge in [0.15, 0.2) is 11.6 Å². The third-order valence-corrected chi connectivity index (χ3v) is 19.7. The number of likely N-dealkylation sites (tertiary alicyclic amines) is 4. The monoisotopic (exact) mass is 1580 g/mol. The molecule has 2 aromatic rings. The Morgan fingerprint density at radius 3 is 0.961 bits per heavy atom. The number of carbonyl (C=O) groups excluding carboxylic acids is 9. The number of hydrogen-bond acceptors (Lipinski definition) is 13. The molecule has 27 heteroatoms. The molecular formula is C76H129KN6O14S6. The van der Waals surface area contributed by atoms with Crippen molar-refractivity contribution in [3.8, 4) is 11.5 Å². The van der Waals surface area contributed by atoms with E-state index in [0.29, 0.717) is 88.7 Å². The van der Waals surface area contributed by atoms with Gasteiger partial charge in [0.25, 0.3) is 0 Å². The minimum atomic E-state index is -1.44. The van der Waals surface area contributed by atoms with Gasteiger partial charge in [-0.05, 0) is 106 Å². The Bertz CT molecular complexity index is 2570. The van der Waals surface area contributed by atoms with Crippen LogP contribution >= 0.6 is 81.0 Å². The van der Waals surface area contributed by atoms with Gasteiger partial charge in [0.05, 0.1) is 24.1 Å². The van der Waals surface area contributed by atoms with Gasteiger partial charge in [0.1, 0.15) is 29.6 Å². The average Bonchev–Trinajstić information content (AvgIpc) is 1.70. The molecule has 5 N–H and O–H groups in total.